The molecule has 2 heterocycles. The van der Waals surface area contributed by atoms with Crippen LogP contribution in [0.4, 0.5) is 14.5 Å². The van der Waals surface area contributed by atoms with Gasteiger partial charge >= 0.3 is 141 Å². The Hall–Kier alpha value is -1.58. The predicted octanol–water partition coefficient (Wildman–Crippen LogP) is 0.431. The number of carbonyl (C=O) groups excluding carboxylic acids is 1. The molecule has 0 aliphatic carbocycles. The Kier molecular flexibility index (Phi) is 8.41. The maximum absolute atomic E-state index is 13.6. The second-order valence-corrected chi connectivity index (χ2v) is 9.94. The summed E-state index contributed by atoms with van der Waals surface area (Å²) in [6.45, 7) is -0.674. The van der Waals surface area contributed by atoms with Crippen LogP contribution in [0.1, 0.15) is 22.0 Å². The first-order valence-corrected chi connectivity index (χ1v) is 12.0. The number of anilines is 1. The molecular weight excluding hydrogens is 532 g/mol. The topological polar surface area (TPSA) is 128 Å². The van der Waals surface area contributed by atoms with Gasteiger partial charge in [-0.3, -0.25) is 0 Å². The molecule has 1 aromatic heterocycles. The molecule has 11 heteroatoms. The fraction of sp³-hybridized carbons (Fsp3) is 0.450. The third-order valence-electron chi connectivity index (χ3n) is 4.80. The van der Waals surface area contributed by atoms with Gasteiger partial charge in [0, 0.05) is 0 Å². The normalized spacial score (nSPS) is 26.1. The number of halogens is 2. The first-order valence-electron chi connectivity index (χ1n) is 9.51. The number of rotatable bonds is 8. The molecule has 1 aliphatic heterocycles. The zero-order valence-electron chi connectivity index (χ0n) is 16.2. The van der Waals surface area contributed by atoms with E-state index in [-0.39, 0.29) is 44.2 Å². The van der Waals surface area contributed by atoms with Crippen molar-refractivity contribution in [2.45, 2.75) is 50.0 Å². The molecule has 0 saturated carbocycles. The summed E-state index contributed by atoms with van der Waals surface area (Å²) in [6, 6.07) is 7.59. The third-order valence-corrected chi connectivity index (χ3v) is 7.47. The summed E-state index contributed by atoms with van der Waals surface area (Å²) in [6.07, 6.45) is -9.94. The van der Waals surface area contributed by atoms with E-state index in [2.05, 4.69) is 9.40 Å². The van der Waals surface area contributed by atoms with Crippen LogP contribution in [0.15, 0.2) is 34.4 Å². The van der Waals surface area contributed by atoms with E-state index in [9.17, 15) is 34.0 Å². The Bertz CT molecular complexity index is 865. The van der Waals surface area contributed by atoms with E-state index in [1.165, 1.54) is 15.7 Å². The van der Waals surface area contributed by atoms with Gasteiger partial charge in [-0.05, 0) is 0 Å². The van der Waals surface area contributed by atoms with E-state index in [4.69, 9.17) is 9.47 Å². The van der Waals surface area contributed by atoms with E-state index in [1.54, 1.807) is 0 Å². The van der Waals surface area contributed by atoms with Crippen LogP contribution in [0.5, 0.6) is 5.75 Å². The average molecular weight is 555 g/mol. The van der Waals surface area contributed by atoms with Crippen LogP contribution >= 0.6 is 0 Å². The van der Waals surface area contributed by atoms with E-state index in [0.29, 0.717) is 6.42 Å². The van der Waals surface area contributed by atoms with E-state index in [1.807, 2.05) is 12.1 Å². The number of nitrogens with one attached hydrogen (secondary N) is 1. The number of aliphatic hydroxyl groups is 4. The summed E-state index contributed by atoms with van der Waals surface area (Å²) >= 11 is -0.329. The molecule has 5 N–H and O–H groups in total. The number of hydrogen-bond donors (Lipinski definition) is 5. The molecule has 31 heavy (non-hydrogen) atoms. The van der Waals surface area contributed by atoms with Crippen molar-refractivity contribution in [2.24, 2.45) is 0 Å². The van der Waals surface area contributed by atoms with Gasteiger partial charge in [0.2, 0.25) is 0 Å². The molecule has 3 rings (SSSR count). The van der Waals surface area contributed by atoms with Crippen molar-refractivity contribution in [3.05, 3.63) is 43.6 Å². The van der Waals surface area contributed by atoms with Gasteiger partial charge < -0.3 is 20.4 Å². The zero-order valence-corrected chi connectivity index (χ0v) is 18.6. The SMILES string of the molecule is O=C(CCc1ccc[te]1)Nc1ccc(O[C@@H]2OC(CO)[C@H](O)C(O)C2O)c(C(F)F)c1. The molecule has 3 unspecified atom stereocenters. The molecule has 8 nitrogen and oxygen atoms in total. The average Bonchev–Trinajstić information content (AvgIpc) is 3.27. The van der Waals surface area contributed by atoms with Gasteiger partial charge in [-0.15, -0.1) is 0 Å². The molecule has 1 saturated heterocycles. The van der Waals surface area contributed by atoms with Gasteiger partial charge in [-0.1, -0.05) is 0 Å². The van der Waals surface area contributed by atoms with E-state index in [0.717, 1.165) is 6.07 Å². The van der Waals surface area contributed by atoms with Crippen molar-refractivity contribution < 1.29 is 43.5 Å². The monoisotopic (exact) mass is 557 g/mol. The molecular formula is C20H23F2NO7Te. The Morgan fingerprint density at radius 3 is 2.61 bits per heavy atom. The summed E-state index contributed by atoms with van der Waals surface area (Å²) in [5, 5.41) is 41.5. The molecule has 5 atom stereocenters. The maximum atomic E-state index is 13.6. The summed E-state index contributed by atoms with van der Waals surface area (Å²) in [5.41, 5.74) is -0.388. The zero-order chi connectivity index (χ0) is 22.5. The van der Waals surface area contributed by atoms with Crippen LogP contribution in [-0.4, -0.2) is 84.1 Å². The van der Waals surface area contributed by atoms with Crippen LogP contribution in [0, 0.1) is 0 Å². The molecule has 1 aliphatic rings. The Morgan fingerprint density at radius 1 is 1.19 bits per heavy atom. The third kappa shape index (κ3) is 6.02. The number of hydrogen-bond acceptors (Lipinski definition) is 7. The number of amides is 1. The van der Waals surface area contributed by atoms with E-state index < -0.39 is 49.3 Å². The van der Waals surface area contributed by atoms with Crippen molar-refractivity contribution in [3.8, 4) is 5.75 Å². The van der Waals surface area contributed by atoms with Crippen LogP contribution in [0.2, 0.25) is 0 Å². The Morgan fingerprint density at radius 2 is 1.97 bits per heavy atom. The Balaban J connectivity index is 1.69. The number of alkyl halides is 2. The van der Waals surface area contributed by atoms with Crippen LogP contribution in [0.3, 0.4) is 0 Å². The van der Waals surface area contributed by atoms with Gasteiger partial charge in [-0.2, -0.15) is 0 Å². The fourth-order valence-corrected chi connectivity index (χ4v) is 5.13. The number of carbonyl (C=O) groups is 1. The molecule has 1 aromatic carbocycles. The molecule has 2 aromatic rings. The standard InChI is InChI=1S/C20H23F2NO7Te/c21-19(22)12-8-10(23-15(25)6-4-11-2-1-7-31-11)3-5-13(12)29-20-18(28)17(27)16(26)14(9-24)30-20/h1-3,5,7-8,14,16-20,24,26-28H,4,6,9H2,(H,23,25)/t14?,16-,17?,18?,20+/m0/s1. The minimum atomic E-state index is -2.96. The van der Waals surface area contributed by atoms with Crippen LogP contribution in [-0.2, 0) is 16.0 Å². The summed E-state index contributed by atoms with van der Waals surface area (Å²) in [7, 11) is 0. The first kappa shape index (κ1) is 24.1. The van der Waals surface area contributed by atoms with Crippen LogP contribution in [0.25, 0.3) is 0 Å². The number of aryl methyl sites for hydroxylation is 1. The van der Waals surface area contributed by atoms with E-state index >= 15 is 0 Å². The molecule has 1 amide bonds. The summed E-state index contributed by atoms with van der Waals surface area (Å²) < 4.78 is 41.1. The first-order chi connectivity index (χ1) is 14.8. The van der Waals surface area contributed by atoms with Gasteiger partial charge in [0.1, 0.15) is 18.3 Å². The van der Waals surface area contributed by atoms with Crippen molar-refractivity contribution in [1.29, 1.82) is 0 Å². The van der Waals surface area contributed by atoms with Gasteiger partial charge in [0.25, 0.3) is 0 Å². The number of ether oxygens (including phenoxy) is 2. The predicted molar refractivity (Wildman–Crippen MR) is 106 cm³/mol. The molecule has 1 fully saturated rings. The molecule has 0 spiro atoms. The number of aliphatic hydroxyl groups excluding tert-OH is 4. The van der Waals surface area contributed by atoms with Crippen molar-refractivity contribution in [3.63, 3.8) is 0 Å². The molecule has 0 bridgehead atoms. The fourth-order valence-electron chi connectivity index (χ4n) is 3.11. The molecule has 170 valence electrons. The quantitative estimate of drug-likeness (QED) is 0.299. The summed E-state index contributed by atoms with van der Waals surface area (Å²) in [4.78, 5) is 12.1. The van der Waals surface area contributed by atoms with Gasteiger partial charge in [-0.25, -0.2) is 0 Å². The van der Waals surface area contributed by atoms with Crippen LogP contribution < -0.4 is 10.1 Å². The minimum absolute atomic E-state index is 0.163. The van der Waals surface area contributed by atoms with Crippen molar-refractivity contribution in [2.75, 3.05) is 11.9 Å². The van der Waals surface area contributed by atoms with Crippen molar-refractivity contribution in [1.82, 2.24) is 0 Å². The second kappa shape index (κ2) is 10.8. The number of benzene rings is 1. The van der Waals surface area contributed by atoms with Gasteiger partial charge in [0.05, 0.1) is 6.61 Å². The molecule has 0 radical (unpaired) electrons. The summed E-state index contributed by atoms with van der Waals surface area (Å²) in [5.74, 6) is -0.631. The Labute approximate surface area is 186 Å². The second-order valence-electron chi connectivity index (χ2n) is 7.00. The van der Waals surface area contributed by atoms with Gasteiger partial charge in [0.15, 0.2) is 0 Å². The van der Waals surface area contributed by atoms with Crippen molar-refractivity contribution >= 4 is 32.0 Å².